The molecular formula is C52H74N2O9. The van der Waals surface area contributed by atoms with E-state index in [1.54, 1.807) is 32.8 Å². The van der Waals surface area contributed by atoms with Crippen molar-refractivity contribution in [1.82, 2.24) is 9.97 Å². The zero-order valence-electron chi connectivity index (χ0n) is 38.6. The number of terminal acetylenes is 1. The van der Waals surface area contributed by atoms with E-state index in [1.165, 1.54) is 5.57 Å². The van der Waals surface area contributed by atoms with E-state index in [0.717, 1.165) is 112 Å². The summed E-state index contributed by atoms with van der Waals surface area (Å²) < 4.78 is 35.7. The standard InChI is InChI=1S/C52H74N2O9/c1-8-17-43(58-6)26-24-37(2)25-27-45-32-46(59-7)33-47(62-45)34-51-53-41(35-60-51)29-40(5)28-38(3)18-12-9-10-14-22-50-54-48(36-61-50)49-21-16-20-44(63-49)31-42(55)30-39(4)19-13-11-15-23-52(56)57/h1,14-15,22-26,29,35-36,38,42-47,49,55H,4,9-13,16-21,27-28,30-34H2,2-3,5-7H3,(H,56,57)/b22-14+,23-15-,26-24+,37-25+,40-29+. The number of rotatable bonds is 28. The lowest BCUT2D eigenvalue weighted by Gasteiger charge is -2.34. The molecule has 11 heteroatoms. The molecule has 0 radical (unpaired) electrons. The van der Waals surface area contributed by atoms with E-state index in [1.807, 2.05) is 12.2 Å². The van der Waals surface area contributed by atoms with Crippen LogP contribution in [0.5, 0.6) is 0 Å². The highest BCUT2D eigenvalue weighted by molar-refractivity contribution is 5.79. The van der Waals surface area contributed by atoms with Crippen molar-refractivity contribution < 1.29 is 42.8 Å². The topological polar surface area (TPSA) is 147 Å². The van der Waals surface area contributed by atoms with Gasteiger partial charge in [0.2, 0.25) is 5.89 Å². The minimum absolute atomic E-state index is 0.0269. The molecule has 2 fully saturated rings. The molecule has 346 valence electrons. The summed E-state index contributed by atoms with van der Waals surface area (Å²) in [7, 11) is 3.44. The van der Waals surface area contributed by atoms with E-state index in [4.69, 9.17) is 49.3 Å². The highest BCUT2D eigenvalue weighted by Gasteiger charge is 2.31. The fourth-order valence-electron chi connectivity index (χ4n) is 8.41. The monoisotopic (exact) mass is 871 g/mol. The van der Waals surface area contributed by atoms with Crippen molar-refractivity contribution in [2.75, 3.05) is 14.2 Å². The van der Waals surface area contributed by atoms with Crippen LogP contribution in [0.3, 0.4) is 0 Å². The largest absolute Gasteiger partial charge is 0.478 e. The molecular weight excluding hydrogens is 797 g/mol. The molecule has 63 heavy (non-hydrogen) atoms. The van der Waals surface area contributed by atoms with Gasteiger partial charge in [-0.3, -0.25) is 0 Å². The zero-order valence-corrected chi connectivity index (χ0v) is 38.6. The number of oxazole rings is 2. The second-order valence-corrected chi connectivity index (χ2v) is 17.6. The van der Waals surface area contributed by atoms with E-state index in [9.17, 15) is 9.90 Å². The molecule has 2 N–H and O–H groups in total. The third-order valence-corrected chi connectivity index (χ3v) is 11.7. The SMILES string of the molecule is C#CCC(/C=C/C(C)=C/CC1CC(OC)CC(Cc2nc(/C=C(\C)CC(C)CCCC/C=C/c3nc(C4CCCC(CC(O)CC(=C)CCC/C=C\C(=O)O)O4)co3)co2)O1)OC. The molecule has 0 aromatic carbocycles. The van der Waals surface area contributed by atoms with Crippen LogP contribution in [0.25, 0.3) is 12.2 Å². The van der Waals surface area contributed by atoms with E-state index in [2.05, 4.69) is 57.6 Å². The number of carbonyl (C=O) groups is 1. The molecule has 0 aliphatic carbocycles. The number of ether oxygens (including phenoxy) is 4. The van der Waals surface area contributed by atoms with Gasteiger partial charge < -0.3 is 38.0 Å². The summed E-state index contributed by atoms with van der Waals surface area (Å²) in [5, 5.41) is 19.4. The van der Waals surface area contributed by atoms with E-state index in [0.29, 0.717) is 49.8 Å². The third kappa shape index (κ3) is 20.4. The van der Waals surface area contributed by atoms with Crippen LogP contribution in [0, 0.1) is 18.3 Å². The highest BCUT2D eigenvalue weighted by Crippen LogP contribution is 2.33. The number of carboxylic acid groups (broad SMARTS) is 1. The first-order chi connectivity index (χ1) is 30.4. The number of allylic oxidation sites excluding steroid dienone is 5. The Morgan fingerprint density at radius 1 is 1.02 bits per heavy atom. The number of carboxylic acids is 1. The molecule has 0 spiro atoms. The molecule has 2 aromatic heterocycles. The van der Waals surface area contributed by atoms with Crippen LogP contribution in [0.1, 0.15) is 159 Å². The van der Waals surface area contributed by atoms with E-state index < -0.39 is 12.1 Å². The number of methoxy groups -OCH3 is 2. The fraction of sp³-hybridized carbons (Fsp3) is 0.596. The summed E-state index contributed by atoms with van der Waals surface area (Å²) in [6, 6.07) is 0. The Bertz CT molecular complexity index is 1860. The Labute approximate surface area is 376 Å². The van der Waals surface area contributed by atoms with Gasteiger partial charge in [0, 0.05) is 39.6 Å². The van der Waals surface area contributed by atoms with Gasteiger partial charge in [-0.05, 0) is 109 Å². The summed E-state index contributed by atoms with van der Waals surface area (Å²) in [6.07, 6.45) is 38.6. The molecule has 2 aliphatic heterocycles. The van der Waals surface area contributed by atoms with Crippen LogP contribution in [-0.4, -0.2) is 77.0 Å². The number of unbranched alkanes of at least 4 members (excludes halogenated alkanes) is 3. The summed E-state index contributed by atoms with van der Waals surface area (Å²) in [4.78, 5) is 20.1. The van der Waals surface area contributed by atoms with Gasteiger partial charge in [-0.2, -0.15) is 0 Å². The maximum Gasteiger partial charge on any atom is 0.327 e. The Hall–Kier alpha value is -4.31. The molecule has 0 amide bonds. The van der Waals surface area contributed by atoms with Crippen molar-refractivity contribution >= 4 is 18.1 Å². The Balaban J connectivity index is 1.12. The van der Waals surface area contributed by atoms with Gasteiger partial charge >= 0.3 is 5.97 Å². The number of aliphatic hydroxyl groups excluding tert-OH is 1. The lowest BCUT2D eigenvalue weighted by molar-refractivity contribution is -0.131. The molecule has 0 saturated carbocycles. The van der Waals surface area contributed by atoms with E-state index in [-0.39, 0.29) is 36.6 Å². The van der Waals surface area contributed by atoms with E-state index >= 15 is 0 Å². The molecule has 0 bridgehead atoms. The first-order valence-corrected chi connectivity index (χ1v) is 23.0. The lowest BCUT2D eigenvalue weighted by atomic mass is 9.95. The van der Waals surface area contributed by atoms with Gasteiger partial charge in [-0.15, -0.1) is 12.3 Å². The van der Waals surface area contributed by atoms with Gasteiger partial charge in [-0.25, -0.2) is 14.8 Å². The average molecular weight is 871 g/mol. The molecule has 4 heterocycles. The zero-order chi connectivity index (χ0) is 45.4. The minimum Gasteiger partial charge on any atom is -0.478 e. The average Bonchev–Trinajstić information content (AvgIpc) is 3.91. The van der Waals surface area contributed by atoms with Gasteiger partial charge in [0.15, 0.2) is 5.89 Å². The summed E-state index contributed by atoms with van der Waals surface area (Å²) in [6.45, 7) is 10.7. The van der Waals surface area contributed by atoms with Crippen molar-refractivity contribution in [3.05, 3.63) is 95.4 Å². The van der Waals surface area contributed by atoms with Crippen molar-refractivity contribution in [1.29, 1.82) is 0 Å². The van der Waals surface area contributed by atoms with Crippen LogP contribution in [0.2, 0.25) is 0 Å². The second-order valence-electron chi connectivity index (χ2n) is 17.6. The molecule has 8 atom stereocenters. The lowest BCUT2D eigenvalue weighted by Crippen LogP contribution is -2.37. The van der Waals surface area contributed by atoms with Crippen LogP contribution in [-0.2, 0) is 30.2 Å². The van der Waals surface area contributed by atoms with Crippen LogP contribution in [0.4, 0.5) is 0 Å². The van der Waals surface area contributed by atoms with Crippen LogP contribution in [0.15, 0.2) is 81.1 Å². The smallest absolute Gasteiger partial charge is 0.327 e. The number of aromatic nitrogens is 2. The highest BCUT2D eigenvalue weighted by atomic mass is 16.5. The summed E-state index contributed by atoms with van der Waals surface area (Å²) in [5.41, 5.74) is 5.05. The minimum atomic E-state index is -0.935. The maximum atomic E-state index is 10.7. The Morgan fingerprint density at radius 2 is 1.83 bits per heavy atom. The summed E-state index contributed by atoms with van der Waals surface area (Å²) >= 11 is 0. The van der Waals surface area contributed by atoms with Gasteiger partial charge in [0.05, 0.1) is 43.0 Å². The fourth-order valence-corrected chi connectivity index (χ4v) is 8.41. The number of nitrogens with zero attached hydrogens (tertiary/aromatic N) is 2. The third-order valence-electron chi connectivity index (χ3n) is 11.7. The quantitative estimate of drug-likeness (QED) is 0.0277. The number of hydrogen-bond acceptors (Lipinski definition) is 10. The molecule has 8 unspecified atom stereocenters. The molecule has 2 aromatic rings. The molecule has 2 saturated heterocycles. The van der Waals surface area contributed by atoms with Crippen molar-refractivity contribution in [2.24, 2.45) is 5.92 Å². The van der Waals surface area contributed by atoms with Crippen molar-refractivity contribution in [2.45, 2.75) is 179 Å². The molecule has 11 nitrogen and oxygen atoms in total. The summed E-state index contributed by atoms with van der Waals surface area (Å²) in [5.74, 6) is 3.54. The molecule has 2 aliphatic rings. The Kier molecular flexibility index (Phi) is 23.2. The number of hydrogen-bond donors (Lipinski definition) is 2. The predicted octanol–water partition coefficient (Wildman–Crippen LogP) is 11.5. The normalized spacial score (nSPS) is 22.8. The maximum absolute atomic E-state index is 10.7. The van der Waals surface area contributed by atoms with Gasteiger partial charge in [0.1, 0.15) is 30.0 Å². The van der Waals surface area contributed by atoms with Gasteiger partial charge in [-0.1, -0.05) is 73.4 Å². The van der Waals surface area contributed by atoms with Crippen LogP contribution >= 0.6 is 0 Å². The van der Waals surface area contributed by atoms with Crippen LogP contribution < -0.4 is 0 Å². The van der Waals surface area contributed by atoms with Crippen molar-refractivity contribution in [3.8, 4) is 12.3 Å². The number of aliphatic hydroxyl groups is 1. The second kappa shape index (κ2) is 28.5. The van der Waals surface area contributed by atoms with Gasteiger partial charge in [0.25, 0.3) is 0 Å². The van der Waals surface area contributed by atoms with Crippen molar-refractivity contribution in [3.63, 3.8) is 0 Å². The Morgan fingerprint density at radius 3 is 2.60 bits per heavy atom. The molecule has 4 rings (SSSR count). The predicted molar refractivity (Wildman–Crippen MR) is 249 cm³/mol. The first-order valence-electron chi connectivity index (χ1n) is 23.0. The number of aliphatic carboxylic acids is 1. The first kappa shape index (κ1) is 51.3.